The van der Waals surface area contributed by atoms with E-state index in [0.717, 1.165) is 4.90 Å². The third kappa shape index (κ3) is 4.84. The Labute approximate surface area is 98.8 Å². The van der Waals surface area contributed by atoms with Gasteiger partial charge >= 0.3 is 6.03 Å². The zero-order valence-corrected chi connectivity index (χ0v) is 9.84. The number of amides is 3. The number of benzene rings is 1. The third-order valence-corrected chi connectivity index (χ3v) is 2.72. The molecule has 0 aliphatic carbocycles. The fourth-order valence-electron chi connectivity index (χ4n) is 1.03. The van der Waals surface area contributed by atoms with E-state index in [4.69, 9.17) is 0 Å². The minimum atomic E-state index is -0.443. The highest BCUT2D eigenvalue weighted by molar-refractivity contribution is 8.00. The van der Waals surface area contributed by atoms with Gasteiger partial charge in [0.25, 0.3) is 0 Å². The van der Waals surface area contributed by atoms with Gasteiger partial charge in [0.2, 0.25) is 5.91 Å². The molecular weight excluding hydrogens is 224 g/mol. The normalized spacial score (nSPS) is 9.56. The minimum Gasteiger partial charge on any atom is -0.338 e. The lowest BCUT2D eigenvalue weighted by Crippen LogP contribution is -2.40. The Morgan fingerprint density at radius 3 is 2.56 bits per heavy atom. The second-order valence-electron chi connectivity index (χ2n) is 3.01. The van der Waals surface area contributed by atoms with Crippen LogP contribution >= 0.6 is 11.8 Å². The average Bonchev–Trinajstić information content (AvgIpc) is 2.28. The van der Waals surface area contributed by atoms with Gasteiger partial charge in [-0.1, -0.05) is 18.2 Å². The molecule has 5 heteroatoms. The standard InChI is InChI=1S/C11H14N2O2S/c1-2-12-11(15)13-10(14)8-16-9-6-4-3-5-7-9/h3-7H,2,8H2,1H3,(H2,12,13,14,15). The highest BCUT2D eigenvalue weighted by Crippen LogP contribution is 2.15. The van der Waals surface area contributed by atoms with Crippen LogP contribution in [0.2, 0.25) is 0 Å². The van der Waals surface area contributed by atoms with E-state index in [1.54, 1.807) is 6.92 Å². The second kappa shape index (κ2) is 6.90. The van der Waals surface area contributed by atoms with Gasteiger partial charge in [-0.2, -0.15) is 0 Å². The smallest absolute Gasteiger partial charge is 0.321 e. The molecular formula is C11H14N2O2S. The van der Waals surface area contributed by atoms with E-state index >= 15 is 0 Å². The Morgan fingerprint density at radius 2 is 1.94 bits per heavy atom. The lowest BCUT2D eigenvalue weighted by atomic mass is 10.4. The van der Waals surface area contributed by atoms with Crippen LogP contribution in [-0.2, 0) is 4.79 Å². The molecule has 0 heterocycles. The minimum absolute atomic E-state index is 0.237. The number of imide groups is 1. The molecule has 1 aromatic rings. The molecule has 0 aromatic heterocycles. The molecule has 0 unspecified atom stereocenters. The van der Waals surface area contributed by atoms with E-state index in [0.29, 0.717) is 6.54 Å². The Bertz CT molecular complexity index is 354. The molecule has 1 aromatic carbocycles. The van der Waals surface area contributed by atoms with Gasteiger partial charge in [0, 0.05) is 11.4 Å². The molecule has 0 radical (unpaired) electrons. The Balaban J connectivity index is 2.28. The summed E-state index contributed by atoms with van der Waals surface area (Å²) >= 11 is 1.40. The van der Waals surface area contributed by atoms with Crippen LogP contribution in [0.4, 0.5) is 4.79 Å². The van der Waals surface area contributed by atoms with Crippen molar-refractivity contribution in [3.05, 3.63) is 30.3 Å². The number of carbonyl (C=O) groups excluding carboxylic acids is 2. The summed E-state index contributed by atoms with van der Waals surface area (Å²) in [6.07, 6.45) is 0. The summed E-state index contributed by atoms with van der Waals surface area (Å²) in [6, 6.07) is 9.13. The molecule has 0 saturated carbocycles. The summed E-state index contributed by atoms with van der Waals surface area (Å²) in [7, 11) is 0. The molecule has 2 N–H and O–H groups in total. The molecule has 16 heavy (non-hydrogen) atoms. The maximum Gasteiger partial charge on any atom is 0.321 e. The van der Waals surface area contributed by atoms with Gasteiger partial charge in [-0.05, 0) is 19.1 Å². The number of urea groups is 1. The summed E-state index contributed by atoms with van der Waals surface area (Å²) in [5.41, 5.74) is 0. The summed E-state index contributed by atoms with van der Waals surface area (Å²) in [5, 5.41) is 4.74. The van der Waals surface area contributed by atoms with E-state index < -0.39 is 6.03 Å². The molecule has 0 atom stereocenters. The van der Waals surface area contributed by atoms with E-state index in [2.05, 4.69) is 10.6 Å². The average molecular weight is 238 g/mol. The topological polar surface area (TPSA) is 58.2 Å². The van der Waals surface area contributed by atoms with Crippen molar-refractivity contribution in [1.82, 2.24) is 10.6 Å². The van der Waals surface area contributed by atoms with Crippen LogP contribution < -0.4 is 10.6 Å². The van der Waals surface area contributed by atoms with Crippen LogP contribution in [0.25, 0.3) is 0 Å². The molecule has 0 bridgehead atoms. The van der Waals surface area contributed by atoms with Crippen molar-refractivity contribution in [2.45, 2.75) is 11.8 Å². The van der Waals surface area contributed by atoms with Crippen LogP contribution in [0.3, 0.4) is 0 Å². The first kappa shape index (κ1) is 12.6. The highest BCUT2D eigenvalue weighted by Gasteiger charge is 2.06. The maximum absolute atomic E-state index is 11.3. The molecule has 0 spiro atoms. The molecule has 86 valence electrons. The lowest BCUT2D eigenvalue weighted by molar-refractivity contribution is -0.117. The molecule has 3 amide bonds. The Morgan fingerprint density at radius 1 is 1.25 bits per heavy atom. The lowest BCUT2D eigenvalue weighted by Gasteiger charge is -2.04. The van der Waals surface area contributed by atoms with E-state index in [9.17, 15) is 9.59 Å². The molecule has 4 nitrogen and oxygen atoms in total. The predicted octanol–water partition coefficient (Wildman–Crippen LogP) is 1.62. The monoisotopic (exact) mass is 238 g/mol. The largest absolute Gasteiger partial charge is 0.338 e. The van der Waals surface area contributed by atoms with E-state index in [1.807, 2.05) is 30.3 Å². The zero-order valence-electron chi connectivity index (χ0n) is 9.03. The first-order chi connectivity index (χ1) is 7.72. The molecule has 0 saturated heterocycles. The second-order valence-corrected chi connectivity index (χ2v) is 4.06. The molecule has 0 aliphatic rings. The summed E-state index contributed by atoms with van der Waals surface area (Å²) in [6.45, 7) is 2.30. The van der Waals surface area contributed by atoms with Crippen molar-refractivity contribution in [2.24, 2.45) is 0 Å². The van der Waals surface area contributed by atoms with Crippen molar-refractivity contribution in [3.8, 4) is 0 Å². The van der Waals surface area contributed by atoms with Crippen LogP contribution in [-0.4, -0.2) is 24.2 Å². The van der Waals surface area contributed by atoms with Crippen molar-refractivity contribution < 1.29 is 9.59 Å². The van der Waals surface area contributed by atoms with Crippen molar-refractivity contribution >= 4 is 23.7 Å². The summed E-state index contributed by atoms with van der Waals surface area (Å²) in [5.74, 6) is -0.0546. The maximum atomic E-state index is 11.3. The van der Waals surface area contributed by atoms with Crippen LogP contribution in [0, 0.1) is 0 Å². The molecule has 1 rings (SSSR count). The van der Waals surface area contributed by atoms with Crippen molar-refractivity contribution in [3.63, 3.8) is 0 Å². The number of rotatable bonds is 4. The van der Waals surface area contributed by atoms with Gasteiger partial charge < -0.3 is 5.32 Å². The fourth-order valence-corrected chi connectivity index (χ4v) is 1.75. The quantitative estimate of drug-likeness (QED) is 0.784. The van der Waals surface area contributed by atoms with Crippen molar-refractivity contribution in [1.29, 1.82) is 0 Å². The van der Waals surface area contributed by atoms with E-state index in [-0.39, 0.29) is 11.7 Å². The number of hydrogen-bond donors (Lipinski definition) is 2. The van der Waals surface area contributed by atoms with Gasteiger partial charge in [0.15, 0.2) is 0 Å². The van der Waals surface area contributed by atoms with Crippen LogP contribution in [0.1, 0.15) is 6.92 Å². The summed E-state index contributed by atoms with van der Waals surface area (Å²) < 4.78 is 0. The molecule has 0 aliphatic heterocycles. The number of carbonyl (C=O) groups is 2. The van der Waals surface area contributed by atoms with Crippen LogP contribution in [0.15, 0.2) is 35.2 Å². The number of nitrogens with one attached hydrogen (secondary N) is 2. The highest BCUT2D eigenvalue weighted by atomic mass is 32.2. The predicted molar refractivity (Wildman–Crippen MR) is 64.4 cm³/mol. The first-order valence-corrected chi connectivity index (χ1v) is 5.96. The number of hydrogen-bond acceptors (Lipinski definition) is 3. The first-order valence-electron chi connectivity index (χ1n) is 4.98. The summed E-state index contributed by atoms with van der Waals surface area (Å²) in [4.78, 5) is 23.3. The van der Waals surface area contributed by atoms with Gasteiger partial charge in [-0.25, -0.2) is 4.79 Å². The zero-order chi connectivity index (χ0) is 11.8. The van der Waals surface area contributed by atoms with Crippen LogP contribution in [0.5, 0.6) is 0 Å². The fraction of sp³-hybridized carbons (Fsp3) is 0.273. The van der Waals surface area contributed by atoms with Gasteiger partial charge in [-0.3, -0.25) is 10.1 Å². The SMILES string of the molecule is CCNC(=O)NC(=O)CSc1ccccc1. The van der Waals surface area contributed by atoms with Gasteiger partial charge in [0.05, 0.1) is 5.75 Å². The molecule has 0 fully saturated rings. The third-order valence-electron chi connectivity index (χ3n) is 1.70. The van der Waals surface area contributed by atoms with E-state index in [1.165, 1.54) is 11.8 Å². The Kier molecular flexibility index (Phi) is 5.42. The van der Waals surface area contributed by atoms with Crippen molar-refractivity contribution in [2.75, 3.05) is 12.3 Å². The number of thioether (sulfide) groups is 1. The van der Waals surface area contributed by atoms with Gasteiger partial charge in [0.1, 0.15) is 0 Å². The van der Waals surface area contributed by atoms with Gasteiger partial charge in [-0.15, -0.1) is 11.8 Å². The Hall–Kier alpha value is -1.49.